The maximum atomic E-state index is 12.9. The quantitative estimate of drug-likeness (QED) is 0.544. The highest BCUT2D eigenvalue weighted by Crippen LogP contribution is 2.28. The number of nitrogen functional groups attached to an aromatic ring is 1. The molecule has 27 heavy (non-hydrogen) atoms. The van der Waals surface area contributed by atoms with Crippen LogP contribution in [0.4, 0.5) is 11.5 Å². The molecule has 0 unspecified atom stereocenters. The number of amides is 2. The van der Waals surface area contributed by atoms with E-state index in [0.29, 0.717) is 31.6 Å². The first-order chi connectivity index (χ1) is 12.9. The summed E-state index contributed by atoms with van der Waals surface area (Å²) in [6.45, 7) is 4.07. The van der Waals surface area contributed by atoms with E-state index in [9.17, 15) is 19.5 Å². The summed E-state index contributed by atoms with van der Waals surface area (Å²) in [4.78, 5) is 43.7. The lowest BCUT2D eigenvalue weighted by molar-refractivity contribution is -0.145. The van der Waals surface area contributed by atoms with E-state index in [0.717, 1.165) is 0 Å². The Labute approximate surface area is 158 Å². The van der Waals surface area contributed by atoms with Crippen LogP contribution in [0, 0.1) is 0 Å². The molecule has 0 bridgehead atoms. The Kier molecular flexibility index (Phi) is 7.12. The van der Waals surface area contributed by atoms with Gasteiger partial charge >= 0.3 is 5.97 Å². The maximum absolute atomic E-state index is 12.9. The van der Waals surface area contributed by atoms with Crippen LogP contribution >= 0.6 is 0 Å². The third-order valence-electron chi connectivity index (χ3n) is 4.50. The number of rotatable bonds is 6. The van der Waals surface area contributed by atoms with Gasteiger partial charge in [0.1, 0.15) is 6.42 Å². The van der Waals surface area contributed by atoms with E-state index in [1.165, 1.54) is 11.8 Å². The minimum Gasteiger partial charge on any atom is -0.466 e. The van der Waals surface area contributed by atoms with Crippen molar-refractivity contribution in [3.8, 4) is 0 Å². The van der Waals surface area contributed by atoms with E-state index in [1.807, 2.05) is 0 Å². The van der Waals surface area contributed by atoms with Crippen molar-refractivity contribution in [3.63, 3.8) is 0 Å². The summed E-state index contributed by atoms with van der Waals surface area (Å²) in [5.74, 6) is -0.885. The highest BCUT2D eigenvalue weighted by Gasteiger charge is 2.33. The van der Waals surface area contributed by atoms with Crippen molar-refractivity contribution in [2.24, 2.45) is 0 Å². The smallest absolute Gasteiger partial charge is 0.315 e. The normalized spacial score (nSPS) is 14.7. The number of hydrogen-bond acceptors (Lipinski definition) is 7. The number of nitrogens with zero attached hydrogens (tertiary/aromatic N) is 3. The summed E-state index contributed by atoms with van der Waals surface area (Å²) in [5.41, 5.74) is 6.68. The maximum Gasteiger partial charge on any atom is 0.315 e. The second kappa shape index (κ2) is 9.31. The van der Waals surface area contributed by atoms with Crippen molar-refractivity contribution in [1.29, 1.82) is 0 Å². The molecule has 148 valence electrons. The summed E-state index contributed by atoms with van der Waals surface area (Å²) in [6, 6.07) is 2.89. The van der Waals surface area contributed by atoms with Crippen LogP contribution in [0.3, 0.4) is 0 Å². The van der Waals surface area contributed by atoms with Crippen molar-refractivity contribution in [3.05, 3.63) is 17.8 Å². The molecule has 3 N–H and O–H groups in total. The molecule has 1 saturated heterocycles. The summed E-state index contributed by atoms with van der Waals surface area (Å²) >= 11 is 0. The number of piperidine rings is 1. The molecule has 1 aliphatic rings. The molecule has 0 radical (unpaired) electrons. The highest BCUT2D eigenvalue weighted by atomic mass is 16.5. The fraction of sp³-hybridized carbons (Fsp3) is 0.556. The van der Waals surface area contributed by atoms with E-state index in [2.05, 4.69) is 4.98 Å². The molecule has 9 nitrogen and oxygen atoms in total. The van der Waals surface area contributed by atoms with Gasteiger partial charge in [-0.2, -0.15) is 0 Å². The van der Waals surface area contributed by atoms with E-state index < -0.39 is 18.3 Å². The second-order valence-electron chi connectivity index (χ2n) is 6.36. The second-order valence-corrected chi connectivity index (χ2v) is 6.36. The minimum absolute atomic E-state index is 0.0160. The Morgan fingerprint density at radius 2 is 2.00 bits per heavy atom. The Bertz CT molecular complexity index is 701. The molecule has 1 aromatic rings. The zero-order valence-corrected chi connectivity index (χ0v) is 15.7. The third-order valence-corrected chi connectivity index (χ3v) is 4.50. The summed E-state index contributed by atoms with van der Waals surface area (Å²) in [5, 5.41) is 9.37. The topological polar surface area (TPSA) is 126 Å². The van der Waals surface area contributed by atoms with Gasteiger partial charge in [0.25, 0.3) is 0 Å². The lowest BCUT2D eigenvalue weighted by atomic mass is 10.0. The molecular formula is C18H26N4O5. The molecule has 1 fully saturated rings. The number of aromatic nitrogens is 1. The van der Waals surface area contributed by atoms with Gasteiger partial charge < -0.3 is 20.5 Å². The standard InChI is InChI=1S/C18H26N4O5/c1-3-27-17(26)10-16(25)22(14-6-8-21(9-7-14)12(2)24)18-15(19)5-4-13(11-23)20-18/h4-5,14,23H,3,6-11,19H2,1-2H3. The van der Waals surface area contributed by atoms with Crippen LogP contribution in [0.15, 0.2) is 12.1 Å². The monoisotopic (exact) mass is 378 g/mol. The number of hydrogen-bond donors (Lipinski definition) is 2. The molecule has 0 atom stereocenters. The number of likely N-dealkylation sites (tertiary alicyclic amines) is 1. The predicted octanol–water partition coefficient (Wildman–Crippen LogP) is 0.453. The van der Waals surface area contributed by atoms with Gasteiger partial charge in [-0.05, 0) is 31.9 Å². The number of ether oxygens (including phenoxy) is 1. The first-order valence-electron chi connectivity index (χ1n) is 8.96. The molecule has 1 aromatic heterocycles. The van der Waals surface area contributed by atoms with Gasteiger partial charge in [0, 0.05) is 26.1 Å². The average molecular weight is 378 g/mol. The van der Waals surface area contributed by atoms with Crippen LogP contribution in [-0.2, 0) is 25.7 Å². The molecule has 2 amide bonds. The van der Waals surface area contributed by atoms with Crippen molar-refractivity contribution in [2.45, 2.75) is 45.8 Å². The molecule has 0 spiro atoms. The van der Waals surface area contributed by atoms with Gasteiger partial charge in [-0.1, -0.05) is 0 Å². The zero-order chi connectivity index (χ0) is 20.0. The van der Waals surface area contributed by atoms with Gasteiger partial charge in [0.15, 0.2) is 5.82 Å². The number of aliphatic hydroxyl groups is 1. The largest absolute Gasteiger partial charge is 0.466 e. The van der Waals surface area contributed by atoms with E-state index >= 15 is 0 Å². The Balaban J connectivity index is 2.30. The molecule has 9 heteroatoms. The van der Waals surface area contributed by atoms with Crippen LogP contribution < -0.4 is 10.6 Å². The van der Waals surface area contributed by atoms with Crippen LogP contribution in [-0.4, -0.2) is 58.5 Å². The number of esters is 1. The molecule has 0 aromatic carbocycles. The third kappa shape index (κ3) is 5.16. The predicted molar refractivity (Wildman–Crippen MR) is 98.6 cm³/mol. The number of carbonyl (C=O) groups is 3. The Hall–Kier alpha value is -2.68. The van der Waals surface area contributed by atoms with Gasteiger partial charge in [0.2, 0.25) is 11.8 Å². The first-order valence-corrected chi connectivity index (χ1v) is 8.96. The lowest BCUT2D eigenvalue weighted by Crippen LogP contribution is -2.49. The molecule has 2 heterocycles. The summed E-state index contributed by atoms with van der Waals surface area (Å²) < 4.78 is 4.88. The van der Waals surface area contributed by atoms with Gasteiger partial charge in [-0.15, -0.1) is 0 Å². The first kappa shape index (κ1) is 20.6. The number of nitrogens with two attached hydrogens (primary N) is 1. The molecule has 0 aliphatic carbocycles. The molecule has 2 rings (SSSR count). The molecule has 1 aliphatic heterocycles. The van der Waals surface area contributed by atoms with E-state index in [4.69, 9.17) is 10.5 Å². The SMILES string of the molecule is CCOC(=O)CC(=O)N(c1nc(CO)ccc1N)C1CCN(C(C)=O)CC1. The van der Waals surface area contributed by atoms with Crippen molar-refractivity contribution in [1.82, 2.24) is 9.88 Å². The fourth-order valence-corrected chi connectivity index (χ4v) is 3.13. The highest BCUT2D eigenvalue weighted by molar-refractivity contribution is 6.04. The molecule has 0 saturated carbocycles. The summed E-state index contributed by atoms with van der Waals surface area (Å²) in [6.07, 6.45) is 0.655. The minimum atomic E-state index is -0.620. The van der Waals surface area contributed by atoms with E-state index in [1.54, 1.807) is 24.0 Å². The van der Waals surface area contributed by atoms with Gasteiger partial charge in [-0.3, -0.25) is 19.3 Å². The summed E-state index contributed by atoms with van der Waals surface area (Å²) in [7, 11) is 0. The van der Waals surface area contributed by atoms with Crippen LogP contribution in [0.25, 0.3) is 0 Å². The number of aliphatic hydroxyl groups excluding tert-OH is 1. The number of pyridine rings is 1. The van der Waals surface area contributed by atoms with Crippen LogP contribution in [0.2, 0.25) is 0 Å². The average Bonchev–Trinajstić information content (AvgIpc) is 2.64. The lowest BCUT2D eigenvalue weighted by Gasteiger charge is -2.38. The van der Waals surface area contributed by atoms with Gasteiger partial charge in [-0.25, -0.2) is 4.98 Å². The zero-order valence-electron chi connectivity index (χ0n) is 15.7. The van der Waals surface area contributed by atoms with Crippen LogP contribution in [0.1, 0.15) is 38.8 Å². The van der Waals surface area contributed by atoms with Crippen molar-refractivity contribution >= 4 is 29.3 Å². The van der Waals surface area contributed by atoms with Crippen LogP contribution in [0.5, 0.6) is 0 Å². The van der Waals surface area contributed by atoms with Crippen molar-refractivity contribution < 1.29 is 24.2 Å². The number of anilines is 2. The molecular weight excluding hydrogens is 352 g/mol. The van der Waals surface area contributed by atoms with Crippen molar-refractivity contribution in [2.75, 3.05) is 30.3 Å². The Morgan fingerprint density at radius 1 is 1.33 bits per heavy atom. The van der Waals surface area contributed by atoms with E-state index in [-0.39, 0.29) is 36.7 Å². The Morgan fingerprint density at radius 3 is 2.56 bits per heavy atom. The fourth-order valence-electron chi connectivity index (χ4n) is 3.13. The number of carbonyl (C=O) groups excluding carboxylic acids is 3. The van der Waals surface area contributed by atoms with Gasteiger partial charge in [0.05, 0.1) is 24.6 Å².